The van der Waals surface area contributed by atoms with Crippen molar-refractivity contribution in [3.63, 3.8) is 0 Å². The van der Waals surface area contributed by atoms with Crippen LogP contribution in [-0.2, 0) is 6.54 Å². The lowest BCUT2D eigenvalue weighted by molar-refractivity contribution is 0.0668. The van der Waals surface area contributed by atoms with Crippen LogP contribution in [0.25, 0.3) is 22.2 Å². The molecular weight excluding hydrogens is 434 g/mol. The zero-order valence-corrected chi connectivity index (χ0v) is 19.2. The maximum absolute atomic E-state index is 13.6. The van der Waals surface area contributed by atoms with Gasteiger partial charge < -0.3 is 14.4 Å². The molecule has 1 aliphatic heterocycles. The van der Waals surface area contributed by atoms with Gasteiger partial charge in [0.2, 0.25) is 0 Å². The first-order chi connectivity index (χ1) is 16.5. The fraction of sp³-hybridized carbons (Fsp3) is 0.286. The summed E-state index contributed by atoms with van der Waals surface area (Å²) >= 11 is 0. The van der Waals surface area contributed by atoms with Crippen molar-refractivity contribution in [2.75, 3.05) is 32.9 Å². The molecule has 4 aromatic rings. The number of aryl methyl sites for hydroxylation is 1. The summed E-state index contributed by atoms with van der Waals surface area (Å²) in [6.45, 7) is 5.44. The summed E-state index contributed by atoms with van der Waals surface area (Å²) in [5.74, 6) is 0.951. The number of hydrogen-bond acceptors (Lipinski definition) is 3. The van der Waals surface area contributed by atoms with Crippen molar-refractivity contribution in [1.29, 1.82) is 0 Å². The van der Waals surface area contributed by atoms with Gasteiger partial charge >= 0.3 is 0 Å². The Morgan fingerprint density at radius 3 is 2.44 bits per heavy atom. The van der Waals surface area contributed by atoms with Crippen LogP contribution in [0.5, 0.6) is 11.5 Å². The second-order valence-electron chi connectivity index (χ2n) is 9.04. The molecule has 0 aliphatic carbocycles. The van der Waals surface area contributed by atoms with E-state index in [0.29, 0.717) is 13.2 Å². The minimum atomic E-state index is -0.270. The molecule has 6 heteroatoms. The number of likely N-dealkylation sites (tertiary alicyclic amines) is 1. The Labute approximate surface area is 198 Å². The molecule has 0 bridgehead atoms. The SMILES string of the molecule is Cc1c(-c2ccc(F)cc2)n(Cc2ccc(OCCN3CC(CF)C3)cc2)c2ccc(O)cc12. The highest BCUT2D eigenvalue weighted by molar-refractivity contribution is 5.92. The molecule has 34 heavy (non-hydrogen) atoms. The van der Waals surface area contributed by atoms with Gasteiger partial charge in [-0.15, -0.1) is 0 Å². The molecule has 1 saturated heterocycles. The van der Waals surface area contributed by atoms with E-state index in [0.717, 1.165) is 58.7 Å². The van der Waals surface area contributed by atoms with Crippen molar-refractivity contribution in [3.8, 4) is 22.8 Å². The number of ether oxygens (including phenoxy) is 1. The first-order valence-corrected chi connectivity index (χ1v) is 11.6. The predicted molar refractivity (Wildman–Crippen MR) is 131 cm³/mol. The number of phenols is 1. The van der Waals surface area contributed by atoms with E-state index in [4.69, 9.17) is 4.74 Å². The Morgan fingerprint density at radius 2 is 1.74 bits per heavy atom. The molecule has 176 valence electrons. The summed E-state index contributed by atoms with van der Waals surface area (Å²) in [7, 11) is 0. The highest BCUT2D eigenvalue weighted by atomic mass is 19.1. The van der Waals surface area contributed by atoms with E-state index in [1.165, 1.54) is 12.1 Å². The molecule has 5 rings (SSSR count). The summed E-state index contributed by atoms with van der Waals surface area (Å²) in [4.78, 5) is 2.20. The van der Waals surface area contributed by atoms with Gasteiger partial charge in [0, 0.05) is 43.0 Å². The molecule has 0 amide bonds. The monoisotopic (exact) mass is 462 g/mol. The predicted octanol–water partition coefficient (Wildman–Crippen LogP) is 5.79. The van der Waals surface area contributed by atoms with Crippen molar-refractivity contribution in [2.24, 2.45) is 5.92 Å². The van der Waals surface area contributed by atoms with Crippen molar-refractivity contribution >= 4 is 10.9 Å². The number of alkyl halides is 1. The first kappa shape index (κ1) is 22.4. The number of benzene rings is 3. The van der Waals surface area contributed by atoms with E-state index in [1.54, 1.807) is 24.3 Å². The standard InChI is InChI=1S/C28H28F2N2O2/c1-19-26-14-24(33)8-11-27(26)32(28(19)22-4-6-23(30)7-5-22)18-20-2-9-25(10-3-20)34-13-12-31-16-21(15-29)17-31/h2-11,14,21,33H,12-13,15-18H2,1H3. The van der Waals surface area contributed by atoms with Crippen LogP contribution in [0.1, 0.15) is 11.1 Å². The van der Waals surface area contributed by atoms with Crippen LogP contribution in [0.15, 0.2) is 66.7 Å². The van der Waals surface area contributed by atoms with Gasteiger partial charge in [-0.2, -0.15) is 0 Å². The number of halogens is 2. The van der Waals surface area contributed by atoms with Crippen LogP contribution in [0.4, 0.5) is 8.78 Å². The second kappa shape index (κ2) is 9.47. The lowest BCUT2D eigenvalue weighted by Crippen LogP contribution is -2.49. The molecule has 1 aliphatic rings. The van der Waals surface area contributed by atoms with E-state index in [-0.39, 0.29) is 24.2 Å². The fourth-order valence-corrected chi connectivity index (χ4v) is 4.78. The van der Waals surface area contributed by atoms with Crippen LogP contribution in [-0.4, -0.2) is 47.5 Å². The van der Waals surface area contributed by atoms with Gasteiger partial charge in [-0.25, -0.2) is 4.39 Å². The van der Waals surface area contributed by atoms with Gasteiger partial charge in [-0.05, 0) is 78.2 Å². The molecule has 1 N–H and O–H groups in total. The second-order valence-corrected chi connectivity index (χ2v) is 9.04. The quantitative estimate of drug-likeness (QED) is 0.360. The molecule has 0 atom stereocenters. The Balaban J connectivity index is 1.36. The largest absolute Gasteiger partial charge is 0.508 e. The maximum atomic E-state index is 13.6. The molecule has 1 fully saturated rings. The Kier molecular flexibility index (Phi) is 6.24. The smallest absolute Gasteiger partial charge is 0.123 e. The molecule has 1 aromatic heterocycles. The van der Waals surface area contributed by atoms with Crippen molar-refractivity contribution in [3.05, 3.63) is 83.7 Å². The number of phenolic OH excluding ortho intramolecular Hbond substituents is 1. The van der Waals surface area contributed by atoms with Crippen LogP contribution in [0.3, 0.4) is 0 Å². The van der Waals surface area contributed by atoms with Gasteiger partial charge in [0.15, 0.2) is 0 Å². The minimum absolute atomic E-state index is 0.191. The van der Waals surface area contributed by atoms with Gasteiger partial charge in [-0.1, -0.05) is 12.1 Å². The lowest BCUT2D eigenvalue weighted by atomic mass is 10.0. The molecular formula is C28H28F2N2O2. The van der Waals surface area contributed by atoms with E-state index in [1.807, 2.05) is 37.3 Å². The zero-order chi connectivity index (χ0) is 23.7. The van der Waals surface area contributed by atoms with Crippen LogP contribution >= 0.6 is 0 Å². The van der Waals surface area contributed by atoms with Gasteiger partial charge in [0.1, 0.15) is 23.9 Å². The average Bonchev–Trinajstić information content (AvgIpc) is 3.07. The molecule has 2 heterocycles. The van der Waals surface area contributed by atoms with Gasteiger partial charge in [0.05, 0.1) is 12.4 Å². The van der Waals surface area contributed by atoms with E-state index in [2.05, 4.69) is 9.47 Å². The number of aromatic nitrogens is 1. The molecule has 0 saturated carbocycles. The normalized spacial score (nSPS) is 14.4. The molecule has 0 unspecified atom stereocenters. The number of aromatic hydroxyl groups is 1. The summed E-state index contributed by atoms with van der Waals surface area (Å²) in [5, 5.41) is 11.0. The first-order valence-electron chi connectivity index (χ1n) is 11.6. The average molecular weight is 463 g/mol. The van der Waals surface area contributed by atoms with Crippen molar-refractivity contribution in [1.82, 2.24) is 9.47 Å². The van der Waals surface area contributed by atoms with E-state index < -0.39 is 0 Å². The third-order valence-corrected chi connectivity index (χ3v) is 6.61. The van der Waals surface area contributed by atoms with Crippen molar-refractivity contribution < 1.29 is 18.6 Å². The summed E-state index contributed by atoms with van der Waals surface area (Å²) in [5.41, 5.74) is 5.08. The number of nitrogens with zero attached hydrogens (tertiary/aromatic N) is 2. The molecule has 3 aromatic carbocycles. The van der Waals surface area contributed by atoms with Crippen molar-refractivity contribution in [2.45, 2.75) is 13.5 Å². The molecule has 0 spiro atoms. The third-order valence-electron chi connectivity index (χ3n) is 6.61. The summed E-state index contributed by atoms with van der Waals surface area (Å²) in [6, 6.07) is 20.0. The topological polar surface area (TPSA) is 37.6 Å². The van der Waals surface area contributed by atoms with Gasteiger partial charge in [-0.3, -0.25) is 9.29 Å². The van der Waals surface area contributed by atoms with Crippen LogP contribution < -0.4 is 4.74 Å². The van der Waals surface area contributed by atoms with E-state index in [9.17, 15) is 13.9 Å². The third kappa shape index (κ3) is 4.50. The zero-order valence-electron chi connectivity index (χ0n) is 19.2. The number of fused-ring (bicyclic) bond motifs is 1. The maximum Gasteiger partial charge on any atom is 0.123 e. The Morgan fingerprint density at radius 1 is 1.00 bits per heavy atom. The van der Waals surface area contributed by atoms with Crippen LogP contribution in [0, 0.1) is 18.7 Å². The van der Waals surface area contributed by atoms with E-state index >= 15 is 0 Å². The fourth-order valence-electron chi connectivity index (χ4n) is 4.78. The molecule has 4 nitrogen and oxygen atoms in total. The summed E-state index contributed by atoms with van der Waals surface area (Å²) < 4.78 is 34.2. The molecule has 0 radical (unpaired) electrons. The van der Waals surface area contributed by atoms with Crippen LogP contribution in [0.2, 0.25) is 0 Å². The number of rotatable bonds is 8. The Bertz CT molecular complexity index is 1280. The number of hydrogen-bond donors (Lipinski definition) is 1. The highest BCUT2D eigenvalue weighted by Crippen LogP contribution is 2.35. The Hall–Kier alpha value is -3.38. The minimum Gasteiger partial charge on any atom is -0.508 e. The summed E-state index contributed by atoms with van der Waals surface area (Å²) in [6.07, 6.45) is 0. The van der Waals surface area contributed by atoms with Gasteiger partial charge in [0.25, 0.3) is 0 Å². The highest BCUT2D eigenvalue weighted by Gasteiger charge is 2.25. The lowest BCUT2D eigenvalue weighted by Gasteiger charge is -2.37.